The van der Waals surface area contributed by atoms with Crippen molar-refractivity contribution in [2.24, 2.45) is 0 Å². The molecule has 0 bridgehead atoms. The van der Waals surface area contributed by atoms with Crippen molar-refractivity contribution in [1.29, 1.82) is 0 Å². The average Bonchev–Trinajstić information content (AvgIpc) is 3.40. The molecule has 0 saturated carbocycles. The van der Waals surface area contributed by atoms with Crippen LogP contribution in [0.4, 0.5) is 0 Å². The van der Waals surface area contributed by atoms with Gasteiger partial charge in [-0.3, -0.25) is 4.79 Å². The molecular formula is C21H18N4O4S. The number of aromatic amines is 1. The number of aromatic nitrogens is 3. The molecule has 2 aromatic carbocycles. The summed E-state index contributed by atoms with van der Waals surface area (Å²) in [5.74, 6) is -1.19. The van der Waals surface area contributed by atoms with Crippen molar-refractivity contribution >= 4 is 34.5 Å². The van der Waals surface area contributed by atoms with Crippen LogP contribution in [0.25, 0.3) is 22.4 Å². The van der Waals surface area contributed by atoms with Crippen molar-refractivity contribution in [3.8, 4) is 11.5 Å². The second kappa shape index (κ2) is 8.83. The van der Waals surface area contributed by atoms with Gasteiger partial charge >= 0.3 is 5.97 Å². The van der Waals surface area contributed by atoms with Crippen LogP contribution in [0.1, 0.15) is 5.56 Å². The van der Waals surface area contributed by atoms with Gasteiger partial charge in [0.05, 0.1) is 5.75 Å². The van der Waals surface area contributed by atoms with E-state index in [-0.39, 0.29) is 17.4 Å². The van der Waals surface area contributed by atoms with E-state index in [2.05, 4.69) is 20.5 Å². The number of hydrogen-bond donors (Lipinski definition) is 3. The zero-order chi connectivity index (χ0) is 20.9. The third-order valence-electron chi connectivity index (χ3n) is 4.49. The molecule has 0 fully saturated rings. The Balaban J connectivity index is 1.36. The third kappa shape index (κ3) is 4.52. The van der Waals surface area contributed by atoms with Crippen molar-refractivity contribution in [3.63, 3.8) is 0 Å². The molecule has 1 atom stereocenters. The summed E-state index contributed by atoms with van der Waals surface area (Å²) in [5, 5.41) is 21.2. The van der Waals surface area contributed by atoms with Gasteiger partial charge in [0.15, 0.2) is 0 Å². The van der Waals surface area contributed by atoms with Gasteiger partial charge in [-0.05, 0) is 23.8 Å². The Kier molecular flexibility index (Phi) is 5.80. The number of hydrogen-bond acceptors (Lipinski definition) is 6. The Hall–Kier alpha value is -3.59. The number of carbonyl (C=O) groups excluding carboxylic acids is 1. The SMILES string of the molecule is O=C(CSc1nnc(-c2ccccc2)o1)N[C@@H](Cc1c[nH]c2ccccc12)C(=O)O. The van der Waals surface area contributed by atoms with Crippen LogP contribution in [0.3, 0.4) is 0 Å². The van der Waals surface area contributed by atoms with Gasteiger partial charge < -0.3 is 19.8 Å². The van der Waals surface area contributed by atoms with Crippen molar-refractivity contribution < 1.29 is 19.1 Å². The molecule has 1 amide bonds. The summed E-state index contributed by atoms with van der Waals surface area (Å²) in [6.45, 7) is 0. The molecule has 0 saturated heterocycles. The highest BCUT2D eigenvalue weighted by molar-refractivity contribution is 7.99. The van der Waals surface area contributed by atoms with Crippen LogP contribution in [0.2, 0.25) is 0 Å². The summed E-state index contributed by atoms with van der Waals surface area (Å²) in [6.07, 6.45) is 1.94. The molecule has 9 heteroatoms. The number of H-pyrrole nitrogens is 1. The lowest BCUT2D eigenvalue weighted by atomic mass is 10.1. The lowest BCUT2D eigenvalue weighted by Crippen LogP contribution is -2.43. The van der Waals surface area contributed by atoms with Gasteiger partial charge in [0, 0.05) is 29.1 Å². The smallest absolute Gasteiger partial charge is 0.326 e. The second-order valence-corrected chi connectivity index (χ2v) is 7.48. The van der Waals surface area contributed by atoms with E-state index < -0.39 is 17.9 Å². The Bertz CT molecular complexity index is 1170. The predicted octanol–water partition coefficient (Wildman–Crippen LogP) is 3.12. The van der Waals surface area contributed by atoms with E-state index in [0.717, 1.165) is 33.8 Å². The molecule has 0 unspecified atom stereocenters. The maximum absolute atomic E-state index is 12.3. The van der Waals surface area contributed by atoms with E-state index in [1.165, 1.54) is 0 Å². The lowest BCUT2D eigenvalue weighted by molar-refractivity contribution is -0.141. The number of rotatable bonds is 8. The topological polar surface area (TPSA) is 121 Å². The lowest BCUT2D eigenvalue weighted by Gasteiger charge is -2.13. The summed E-state index contributed by atoms with van der Waals surface area (Å²) in [6, 6.07) is 15.9. The van der Waals surface area contributed by atoms with E-state index in [4.69, 9.17) is 4.42 Å². The summed E-state index contributed by atoms with van der Waals surface area (Å²) in [5.41, 5.74) is 2.53. The number of nitrogens with one attached hydrogen (secondary N) is 2. The highest BCUT2D eigenvalue weighted by atomic mass is 32.2. The fourth-order valence-corrected chi connectivity index (χ4v) is 3.62. The van der Waals surface area contributed by atoms with Crippen LogP contribution >= 0.6 is 11.8 Å². The Labute approximate surface area is 175 Å². The number of aliphatic carboxylic acids is 1. The fourth-order valence-electron chi connectivity index (χ4n) is 3.05. The number of carboxylic acids is 1. The zero-order valence-corrected chi connectivity index (χ0v) is 16.6. The molecule has 0 aliphatic rings. The van der Waals surface area contributed by atoms with Crippen LogP contribution in [-0.2, 0) is 16.0 Å². The highest BCUT2D eigenvalue weighted by Crippen LogP contribution is 2.23. The molecule has 4 aromatic rings. The first kappa shape index (κ1) is 19.7. The first-order valence-electron chi connectivity index (χ1n) is 9.19. The minimum Gasteiger partial charge on any atom is -0.480 e. The fraction of sp³-hybridized carbons (Fsp3) is 0.143. The first-order chi connectivity index (χ1) is 14.6. The van der Waals surface area contributed by atoms with Gasteiger partial charge in [-0.15, -0.1) is 10.2 Å². The second-order valence-electron chi connectivity index (χ2n) is 6.55. The average molecular weight is 422 g/mol. The van der Waals surface area contributed by atoms with Crippen molar-refractivity contribution in [3.05, 3.63) is 66.4 Å². The van der Waals surface area contributed by atoms with Gasteiger partial charge in [-0.25, -0.2) is 4.79 Å². The molecule has 152 valence electrons. The number of amides is 1. The van der Waals surface area contributed by atoms with Gasteiger partial charge in [0.1, 0.15) is 6.04 Å². The largest absolute Gasteiger partial charge is 0.480 e. The number of nitrogens with zero attached hydrogens (tertiary/aromatic N) is 2. The van der Waals surface area contributed by atoms with Crippen molar-refractivity contribution in [2.75, 3.05) is 5.75 Å². The minimum absolute atomic E-state index is 0.0336. The van der Waals surface area contributed by atoms with E-state index in [0.29, 0.717) is 5.89 Å². The number of carbonyl (C=O) groups is 2. The minimum atomic E-state index is -1.09. The van der Waals surface area contributed by atoms with E-state index in [9.17, 15) is 14.7 Å². The van der Waals surface area contributed by atoms with Gasteiger partial charge in [-0.1, -0.05) is 48.2 Å². The van der Waals surface area contributed by atoms with E-state index in [1.807, 2.05) is 54.6 Å². The quantitative estimate of drug-likeness (QED) is 0.373. The van der Waals surface area contributed by atoms with Crippen LogP contribution in [-0.4, -0.2) is 44.0 Å². The highest BCUT2D eigenvalue weighted by Gasteiger charge is 2.22. The molecule has 0 aliphatic heterocycles. The Morgan fingerprint density at radius 1 is 1.10 bits per heavy atom. The molecule has 2 aromatic heterocycles. The van der Waals surface area contributed by atoms with Crippen LogP contribution in [0.15, 0.2) is 70.4 Å². The van der Waals surface area contributed by atoms with E-state index in [1.54, 1.807) is 6.20 Å². The number of carboxylic acid groups (broad SMARTS) is 1. The third-order valence-corrected chi connectivity index (χ3v) is 5.30. The Morgan fingerprint density at radius 3 is 2.67 bits per heavy atom. The van der Waals surface area contributed by atoms with Crippen molar-refractivity contribution in [2.45, 2.75) is 17.7 Å². The number of thioether (sulfide) groups is 1. The first-order valence-corrected chi connectivity index (χ1v) is 10.2. The summed E-state index contributed by atoms with van der Waals surface area (Å²) in [4.78, 5) is 27.1. The van der Waals surface area contributed by atoms with Crippen LogP contribution in [0, 0.1) is 0 Å². The maximum atomic E-state index is 12.3. The summed E-state index contributed by atoms with van der Waals surface area (Å²) in [7, 11) is 0. The van der Waals surface area contributed by atoms with Crippen LogP contribution < -0.4 is 5.32 Å². The zero-order valence-electron chi connectivity index (χ0n) is 15.7. The molecule has 0 aliphatic carbocycles. The molecule has 4 rings (SSSR count). The monoisotopic (exact) mass is 422 g/mol. The normalized spacial score (nSPS) is 12.0. The van der Waals surface area contributed by atoms with E-state index >= 15 is 0 Å². The molecule has 3 N–H and O–H groups in total. The molecule has 0 radical (unpaired) electrons. The summed E-state index contributed by atoms with van der Waals surface area (Å²) >= 11 is 1.06. The maximum Gasteiger partial charge on any atom is 0.326 e. The Morgan fingerprint density at radius 2 is 1.87 bits per heavy atom. The number of benzene rings is 2. The van der Waals surface area contributed by atoms with Gasteiger partial charge in [0.2, 0.25) is 11.8 Å². The van der Waals surface area contributed by atoms with Gasteiger partial charge in [0.25, 0.3) is 5.22 Å². The van der Waals surface area contributed by atoms with Crippen LogP contribution in [0.5, 0.6) is 0 Å². The van der Waals surface area contributed by atoms with Crippen molar-refractivity contribution in [1.82, 2.24) is 20.5 Å². The van der Waals surface area contributed by atoms with Gasteiger partial charge in [-0.2, -0.15) is 0 Å². The number of para-hydroxylation sites is 1. The predicted molar refractivity (Wildman–Crippen MR) is 112 cm³/mol. The molecule has 30 heavy (non-hydrogen) atoms. The molecular weight excluding hydrogens is 404 g/mol. The standard InChI is InChI=1S/C21H18N4O4S/c26-18(12-30-21-25-24-19(29-21)13-6-2-1-3-7-13)23-17(20(27)28)10-14-11-22-16-9-5-4-8-15(14)16/h1-9,11,17,22H,10,12H2,(H,23,26)(H,27,28)/t17-/m0/s1. The number of fused-ring (bicyclic) bond motifs is 1. The molecule has 2 heterocycles. The summed E-state index contributed by atoms with van der Waals surface area (Å²) < 4.78 is 5.55. The molecule has 8 nitrogen and oxygen atoms in total. The molecule has 0 spiro atoms.